The molecule has 3 rings (SSSR count). The highest BCUT2D eigenvalue weighted by Crippen LogP contribution is 2.26. The van der Waals surface area contributed by atoms with E-state index >= 15 is 0 Å². The van der Waals surface area contributed by atoms with Crippen LogP contribution in [-0.4, -0.2) is 69.1 Å². The van der Waals surface area contributed by atoms with Crippen LogP contribution < -0.4 is 5.32 Å². The minimum atomic E-state index is -3.08. The molecular weight excluding hydrogens is 316 g/mol. The number of hydrogen-bond acceptors (Lipinski definition) is 5. The van der Waals surface area contributed by atoms with Gasteiger partial charge in [0.1, 0.15) is 5.25 Å². The number of carbonyl (C=O) groups is 1. The summed E-state index contributed by atoms with van der Waals surface area (Å²) in [5.41, 5.74) is 0. The number of hydrogen-bond donors (Lipinski definition) is 1. The van der Waals surface area contributed by atoms with Crippen molar-refractivity contribution in [2.24, 2.45) is 5.92 Å². The van der Waals surface area contributed by atoms with E-state index in [0.29, 0.717) is 32.0 Å². The Bertz CT molecular complexity index is 516. The van der Waals surface area contributed by atoms with E-state index in [1.54, 1.807) is 0 Å². The van der Waals surface area contributed by atoms with Gasteiger partial charge in [0.25, 0.3) is 0 Å². The van der Waals surface area contributed by atoms with E-state index in [2.05, 4.69) is 5.32 Å². The van der Waals surface area contributed by atoms with Crippen molar-refractivity contribution >= 4 is 15.7 Å². The number of rotatable bonds is 4. The van der Waals surface area contributed by atoms with Gasteiger partial charge in [0.15, 0.2) is 9.84 Å². The first kappa shape index (κ1) is 17.2. The van der Waals surface area contributed by atoms with Crippen molar-refractivity contribution in [2.45, 2.75) is 49.8 Å². The van der Waals surface area contributed by atoms with Crippen LogP contribution in [0.25, 0.3) is 0 Å². The van der Waals surface area contributed by atoms with Gasteiger partial charge in [-0.25, -0.2) is 8.42 Å². The van der Waals surface area contributed by atoms with E-state index in [-0.39, 0.29) is 24.3 Å². The quantitative estimate of drug-likeness (QED) is 0.807. The molecule has 2 atom stereocenters. The fourth-order valence-corrected chi connectivity index (χ4v) is 5.99. The van der Waals surface area contributed by atoms with Gasteiger partial charge in [0, 0.05) is 25.7 Å². The van der Waals surface area contributed by atoms with Crippen LogP contribution in [0.1, 0.15) is 38.5 Å². The standard InChI is InChI=1S/C16H28N2O4S/c19-16(17-10-13-4-2-1-3-5-13)11-18-7-9-23(20,21)15-12-22-8-6-14(15)18/h13-15H,1-12H2,(H,17,19)/t14-,15+/m0/s1. The largest absolute Gasteiger partial charge is 0.380 e. The zero-order chi connectivity index (χ0) is 16.3. The van der Waals surface area contributed by atoms with Crippen molar-refractivity contribution < 1.29 is 17.9 Å². The van der Waals surface area contributed by atoms with Crippen LogP contribution in [0.2, 0.25) is 0 Å². The lowest BCUT2D eigenvalue weighted by atomic mass is 9.89. The summed E-state index contributed by atoms with van der Waals surface area (Å²) < 4.78 is 29.7. The highest BCUT2D eigenvalue weighted by molar-refractivity contribution is 7.92. The molecule has 23 heavy (non-hydrogen) atoms. The maximum atomic E-state index is 12.3. The van der Waals surface area contributed by atoms with Crippen molar-refractivity contribution in [1.82, 2.24) is 10.2 Å². The summed E-state index contributed by atoms with van der Waals surface area (Å²) in [7, 11) is -3.08. The smallest absolute Gasteiger partial charge is 0.234 e. The average Bonchev–Trinajstić information content (AvgIpc) is 2.57. The van der Waals surface area contributed by atoms with Crippen LogP contribution in [-0.2, 0) is 19.4 Å². The molecule has 3 aliphatic rings. The minimum Gasteiger partial charge on any atom is -0.380 e. The molecule has 7 heteroatoms. The Hall–Kier alpha value is -0.660. The summed E-state index contributed by atoms with van der Waals surface area (Å²) in [6, 6.07) is -0.0667. The third-order valence-electron chi connectivity index (χ3n) is 5.52. The first-order chi connectivity index (χ1) is 11.1. The predicted octanol–water partition coefficient (Wildman–Crippen LogP) is 0.571. The molecule has 0 bridgehead atoms. The highest BCUT2D eigenvalue weighted by Gasteiger charge is 2.43. The Morgan fingerprint density at radius 3 is 2.74 bits per heavy atom. The van der Waals surface area contributed by atoms with Crippen molar-refractivity contribution in [1.29, 1.82) is 0 Å². The Morgan fingerprint density at radius 1 is 1.17 bits per heavy atom. The van der Waals surface area contributed by atoms with Crippen LogP contribution in [0, 0.1) is 5.92 Å². The van der Waals surface area contributed by atoms with Crippen molar-refractivity contribution in [3.8, 4) is 0 Å². The summed E-state index contributed by atoms with van der Waals surface area (Å²) in [4.78, 5) is 14.3. The van der Waals surface area contributed by atoms with Gasteiger partial charge < -0.3 is 10.1 Å². The molecule has 2 heterocycles. The zero-order valence-electron chi connectivity index (χ0n) is 13.7. The van der Waals surface area contributed by atoms with Crippen LogP contribution in [0.15, 0.2) is 0 Å². The molecule has 6 nitrogen and oxygen atoms in total. The molecule has 0 unspecified atom stereocenters. The third kappa shape index (κ3) is 4.25. The minimum absolute atomic E-state index is 0.0279. The number of nitrogens with one attached hydrogen (secondary N) is 1. The fourth-order valence-electron chi connectivity index (χ4n) is 4.11. The van der Waals surface area contributed by atoms with Crippen molar-refractivity contribution in [3.63, 3.8) is 0 Å². The van der Waals surface area contributed by atoms with Gasteiger partial charge in [0.05, 0.1) is 18.9 Å². The van der Waals surface area contributed by atoms with Gasteiger partial charge in [-0.05, 0) is 25.2 Å². The number of ether oxygens (including phenoxy) is 1. The topological polar surface area (TPSA) is 75.7 Å². The number of amides is 1. The SMILES string of the molecule is O=C(CN1CCS(=O)(=O)[C@@H]2COCC[C@@H]21)NCC1CCCCC1. The number of carbonyl (C=O) groups excluding carboxylic acids is 1. The van der Waals surface area contributed by atoms with Gasteiger partial charge >= 0.3 is 0 Å². The second-order valence-corrected chi connectivity index (χ2v) is 9.45. The summed E-state index contributed by atoms with van der Waals surface area (Å²) in [6.07, 6.45) is 6.98. The van der Waals surface area contributed by atoms with Gasteiger partial charge in [-0.15, -0.1) is 0 Å². The summed E-state index contributed by atoms with van der Waals surface area (Å²) >= 11 is 0. The molecule has 1 saturated carbocycles. The number of nitrogens with zero attached hydrogens (tertiary/aromatic N) is 1. The Balaban J connectivity index is 1.51. The summed E-state index contributed by atoms with van der Waals surface area (Å²) in [5, 5.41) is 2.59. The van der Waals surface area contributed by atoms with Gasteiger partial charge in [-0.3, -0.25) is 9.69 Å². The molecule has 1 amide bonds. The molecule has 0 aromatic rings. The van der Waals surface area contributed by atoms with Gasteiger partial charge in [0.2, 0.25) is 5.91 Å². The van der Waals surface area contributed by atoms with Crippen molar-refractivity contribution in [3.05, 3.63) is 0 Å². The Morgan fingerprint density at radius 2 is 1.96 bits per heavy atom. The van der Waals surface area contributed by atoms with E-state index in [0.717, 1.165) is 6.54 Å². The maximum Gasteiger partial charge on any atom is 0.234 e. The second-order valence-electron chi connectivity index (χ2n) is 7.11. The third-order valence-corrected chi connectivity index (χ3v) is 7.65. The van der Waals surface area contributed by atoms with E-state index in [9.17, 15) is 13.2 Å². The van der Waals surface area contributed by atoms with E-state index in [1.807, 2.05) is 4.90 Å². The number of fused-ring (bicyclic) bond motifs is 1. The van der Waals surface area contributed by atoms with Gasteiger partial charge in [-0.2, -0.15) is 0 Å². The van der Waals surface area contributed by atoms with E-state index in [1.165, 1.54) is 32.1 Å². The van der Waals surface area contributed by atoms with Crippen LogP contribution in [0.5, 0.6) is 0 Å². The lowest BCUT2D eigenvalue weighted by molar-refractivity contribution is -0.123. The Kier molecular flexibility index (Phi) is 5.59. The summed E-state index contributed by atoms with van der Waals surface area (Å²) in [6.45, 7) is 2.38. The molecular formula is C16H28N2O4S. The van der Waals surface area contributed by atoms with Crippen LogP contribution >= 0.6 is 0 Å². The molecule has 2 saturated heterocycles. The second kappa shape index (κ2) is 7.49. The molecule has 1 aliphatic carbocycles. The van der Waals surface area contributed by atoms with Crippen LogP contribution in [0.3, 0.4) is 0 Å². The molecule has 1 N–H and O–H groups in total. The lowest BCUT2D eigenvalue weighted by Crippen LogP contribution is -2.60. The number of sulfone groups is 1. The average molecular weight is 344 g/mol. The van der Waals surface area contributed by atoms with Crippen molar-refractivity contribution in [2.75, 3.05) is 38.6 Å². The molecule has 0 aromatic heterocycles. The fraction of sp³-hybridized carbons (Fsp3) is 0.938. The summed E-state index contributed by atoms with van der Waals surface area (Å²) in [5.74, 6) is 0.776. The lowest BCUT2D eigenvalue weighted by Gasteiger charge is -2.42. The Labute approximate surface area is 138 Å². The first-order valence-electron chi connectivity index (χ1n) is 8.86. The highest BCUT2D eigenvalue weighted by atomic mass is 32.2. The normalized spacial score (nSPS) is 32.2. The molecule has 3 fully saturated rings. The zero-order valence-corrected chi connectivity index (χ0v) is 14.5. The molecule has 132 valence electrons. The van der Waals surface area contributed by atoms with E-state index in [4.69, 9.17) is 4.74 Å². The molecule has 0 radical (unpaired) electrons. The first-order valence-corrected chi connectivity index (χ1v) is 10.6. The van der Waals surface area contributed by atoms with Crippen LogP contribution in [0.4, 0.5) is 0 Å². The predicted molar refractivity (Wildman–Crippen MR) is 88.0 cm³/mol. The van der Waals surface area contributed by atoms with Gasteiger partial charge in [-0.1, -0.05) is 19.3 Å². The molecule has 2 aliphatic heterocycles. The molecule has 0 aromatic carbocycles. The molecule has 0 spiro atoms. The monoisotopic (exact) mass is 344 g/mol. The maximum absolute atomic E-state index is 12.3. The van der Waals surface area contributed by atoms with E-state index < -0.39 is 15.1 Å².